The highest BCUT2D eigenvalue weighted by atomic mass is 32.2. The molecule has 1 saturated heterocycles. The third-order valence-electron chi connectivity index (χ3n) is 3.53. The zero-order chi connectivity index (χ0) is 17.9. The lowest BCUT2D eigenvalue weighted by molar-refractivity contribution is -0.145. The number of hydrogen-bond acceptors (Lipinski definition) is 6. The van der Waals surface area contributed by atoms with Crippen LogP contribution in [0, 0.1) is 0 Å². The maximum Gasteiger partial charge on any atom is 0.326 e. The molecule has 1 N–H and O–H groups in total. The predicted molar refractivity (Wildman–Crippen MR) is 96.3 cm³/mol. The number of amides is 1. The highest BCUT2D eigenvalue weighted by molar-refractivity contribution is 8.26. The van der Waals surface area contributed by atoms with Gasteiger partial charge in [-0.1, -0.05) is 30.9 Å². The van der Waals surface area contributed by atoms with Gasteiger partial charge in [0, 0.05) is 5.56 Å². The first-order valence-corrected chi connectivity index (χ1v) is 8.37. The maximum absolute atomic E-state index is 12.6. The lowest BCUT2D eigenvalue weighted by Crippen LogP contribution is -2.43. The molecule has 0 aliphatic carbocycles. The fourth-order valence-electron chi connectivity index (χ4n) is 2.31. The molecule has 0 radical (unpaired) electrons. The number of hydrogen-bond donors (Lipinski definition) is 1. The molecule has 0 unspecified atom stereocenters. The van der Waals surface area contributed by atoms with Crippen LogP contribution in [-0.2, 0) is 9.59 Å². The van der Waals surface area contributed by atoms with Gasteiger partial charge in [-0.15, -0.1) is 0 Å². The number of thioether (sulfide) groups is 1. The quantitative estimate of drug-likeness (QED) is 0.612. The van der Waals surface area contributed by atoms with Gasteiger partial charge in [-0.3, -0.25) is 9.69 Å². The molecule has 24 heavy (non-hydrogen) atoms. The molecule has 1 heterocycles. The second-order valence-corrected chi connectivity index (χ2v) is 6.60. The second kappa shape index (κ2) is 7.67. The van der Waals surface area contributed by atoms with Crippen molar-refractivity contribution in [2.75, 3.05) is 14.2 Å². The summed E-state index contributed by atoms with van der Waals surface area (Å²) in [5, 5.41) is 9.28. The van der Waals surface area contributed by atoms with Crippen LogP contribution in [-0.4, -0.2) is 46.5 Å². The molecule has 2 rings (SSSR count). The monoisotopic (exact) mass is 367 g/mol. The molecule has 1 aromatic carbocycles. The molecule has 1 aromatic rings. The molecule has 6 nitrogen and oxygen atoms in total. The molecule has 0 spiro atoms. The number of methoxy groups -OCH3 is 2. The van der Waals surface area contributed by atoms with Crippen molar-refractivity contribution in [3.8, 4) is 11.5 Å². The standard InChI is InChI=1S/C16H17NO5S2/c1-4-11(15(19)20)17-14(18)13(24-16(17)23)8-9-7-10(21-2)5-6-12(9)22-3/h5-8,11H,4H2,1-3H3,(H,19,20)/t11-/m1/s1. The van der Waals surface area contributed by atoms with Crippen LogP contribution < -0.4 is 9.47 Å². The first kappa shape index (κ1) is 18.3. The van der Waals surface area contributed by atoms with Gasteiger partial charge in [-0.2, -0.15) is 0 Å². The van der Waals surface area contributed by atoms with E-state index in [4.69, 9.17) is 21.7 Å². The smallest absolute Gasteiger partial charge is 0.326 e. The largest absolute Gasteiger partial charge is 0.497 e. The Labute approximate surface area is 149 Å². The minimum atomic E-state index is -1.07. The Bertz CT molecular complexity index is 716. The van der Waals surface area contributed by atoms with Crippen molar-refractivity contribution in [1.82, 2.24) is 4.90 Å². The van der Waals surface area contributed by atoms with Gasteiger partial charge in [-0.25, -0.2) is 4.79 Å². The van der Waals surface area contributed by atoms with Gasteiger partial charge in [0.05, 0.1) is 19.1 Å². The summed E-state index contributed by atoms with van der Waals surface area (Å²) >= 11 is 6.27. The van der Waals surface area contributed by atoms with Crippen LogP contribution in [0.1, 0.15) is 18.9 Å². The number of carbonyl (C=O) groups is 2. The number of ether oxygens (including phenoxy) is 2. The Morgan fingerprint density at radius 3 is 2.67 bits per heavy atom. The van der Waals surface area contributed by atoms with E-state index in [-0.39, 0.29) is 10.7 Å². The van der Waals surface area contributed by atoms with Crippen molar-refractivity contribution in [2.24, 2.45) is 0 Å². The van der Waals surface area contributed by atoms with E-state index < -0.39 is 17.9 Å². The zero-order valence-electron chi connectivity index (χ0n) is 13.4. The van der Waals surface area contributed by atoms with Crippen molar-refractivity contribution in [1.29, 1.82) is 0 Å². The number of carbonyl (C=O) groups excluding carboxylic acids is 1. The molecule has 1 fully saturated rings. The average Bonchev–Trinajstić information content (AvgIpc) is 2.83. The number of carboxylic acid groups (broad SMARTS) is 1. The molecular weight excluding hydrogens is 350 g/mol. The summed E-state index contributed by atoms with van der Waals surface area (Å²) in [6.45, 7) is 1.70. The summed E-state index contributed by atoms with van der Waals surface area (Å²) in [7, 11) is 3.08. The Balaban J connectivity index is 2.40. The van der Waals surface area contributed by atoms with E-state index in [1.807, 2.05) is 0 Å². The Morgan fingerprint density at radius 1 is 1.42 bits per heavy atom. The fourth-order valence-corrected chi connectivity index (χ4v) is 3.66. The van der Waals surface area contributed by atoms with Crippen LogP contribution in [0.3, 0.4) is 0 Å². The summed E-state index contributed by atoms with van der Waals surface area (Å²) in [6, 6.07) is 4.26. The molecule has 1 atom stereocenters. The minimum absolute atomic E-state index is 0.238. The van der Waals surface area contributed by atoms with Crippen LogP contribution in [0.4, 0.5) is 0 Å². The van der Waals surface area contributed by atoms with E-state index in [2.05, 4.69) is 0 Å². The summed E-state index contributed by atoms with van der Waals surface area (Å²) < 4.78 is 10.7. The lowest BCUT2D eigenvalue weighted by Gasteiger charge is -2.21. The lowest BCUT2D eigenvalue weighted by atomic mass is 10.1. The second-order valence-electron chi connectivity index (χ2n) is 4.92. The number of rotatable bonds is 6. The van der Waals surface area contributed by atoms with Crippen LogP contribution in [0.5, 0.6) is 11.5 Å². The summed E-state index contributed by atoms with van der Waals surface area (Å²) in [4.78, 5) is 25.4. The molecule has 8 heteroatoms. The molecule has 1 amide bonds. The normalized spacial score (nSPS) is 17.3. The third kappa shape index (κ3) is 3.54. The van der Waals surface area contributed by atoms with E-state index in [0.29, 0.717) is 22.0 Å². The van der Waals surface area contributed by atoms with Gasteiger partial charge >= 0.3 is 5.97 Å². The number of thiocarbonyl (C=S) groups is 1. The number of carboxylic acids is 1. The Morgan fingerprint density at radius 2 is 2.12 bits per heavy atom. The van der Waals surface area contributed by atoms with Gasteiger partial charge in [0.25, 0.3) is 5.91 Å². The van der Waals surface area contributed by atoms with Crippen LogP contribution in [0.25, 0.3) is 6.08 Å². The first-order chi connectivity index (χ1) is 11.4. The molecular formula is C16H17NO5S2. The third-order valence-corrected chi connectivity index (χ3v) is 4.86. The SMILES string of the molecule is CC[C@H](C(=O)O)N1C(=O)C(=Cc2cc(OC)ccc2OC)SC1=S. The minimum Gasteiger partial charge on any atom is -0.497 e. The van der Waals surface area contributed by atoms with Crippen molar-refractivity contribution < 1.29 is 24.2 Å². The van der Waals surface area contributed by atoms with E-state index in [0.717, 1.165) is 16.7 Å². The predicted octanol–water partition coefficient (Wildman–Crippen LogP) is 2.77. The number of nitrogens with zero attached hydrogens (tertiary/aromatic N) is 1. The van der Waals surface area contributed by atoms with Gasteiger partial charge in [-0.05, 0) is 30.7 Å². The molecule has 0 saturated carbocycles. The van der Waals surface area contributed by atoms with E-state index in [9.17, 15) is 14.7 Å². The topological polar surface area (TPSA) is 76.1 Å². The summed E-state index contributed by atoms with van der Waals surface area (Å²) in [6.07, 6.45) is 1.91. The molecule has 1 aliphatic rings. The summed E-state index contributed by atoms with van der Waals surface area (Å²) in [5.74, 6) is -0.293. The maximum atomic E-state index is 12.6. The average molecular weight is 367 g/mol. The van der Waals surface area contributed by atoms with Gasteiger partial charge in [0.15, 0.2) is 0 Å². The highest BCUT2D eigenvalue weighted by Gasteiger charge is 2.39. The van der Waals surface area contributed by atoms with Gasteiger partial charge < -0.3 is 14.6 Å². The fraction of sp³-hybridized carbons (Fsp3) is 0.312. The molecule has 0 bridgehead atoms. The Kier molecular flexibility index (Phi) is 5.84. The van der Waals surface area contributed by atoms with E-state index >= 15 is 0 Å². The Hall–Kier alpha value is -2.06. The first-order valence-electron chi connectivity index (χ1n) is 7.14. The highest BCUT2D eigenvalue weighted by Crippen LogP contribution is 2.36. The van der Waals surface area contributed by atoms with Crippen molar-refractivity contribution >= 4 is 46.3 Å². The van der Waals surface area contributed by atoms with Crippen molar-refractivity contribution in [3.05, 3.63) is 28.7 Å². The zero-order valence-corrected chi connectivity index (χ0v) is 15.1. The number of benzene rings is 1. The summed E-state index contributed by atoms with van der Waals surface area (Å²) in [5.41, 5.74) is 0.653. The molecule has 128 valence electrons. The van der Waals surface area contributed by atoms with Crippen LogP contribution >= 0.6 is 24.0 Å². The van der Waals surface area contributed by atoms with E-state index in [1.54, 1.807) is 38.3 Å². The van der Waals surface area contributed by atoms with Crippen LogP contribution in [0.2, 0.25) is 0 Å². The van der Waals surface area contributed by atoms with Gasteiger partial charge in [0.2, 0.25) is 0 Å². The number of aliphatic carboxylic acids is 1. The van der Waals surface area contributed by atoms with Crippen LogP contribution in [0.15, 0.2) is 23.1 Å². The van der Waals surface area contributed by atoms with E-state index in [1.165, 1.54) is 7.11 Å². The van der Waals surface area contributed by atoms with Gasteiger partial charge in [0.1, 0.15) is 21.9 Å². The van der Waals surface area contributed by atoms with Crippen molar-refractivity contribution in [3.63, 3.8) is 0 Å². The molecule has 0 aromatic heterocycles. The van der Waals surface area contributed by atoms with Crippen molar-refractivity contribution in [2.45, 2.75) is 19.4 Å². The molecule has 1 aliphatic heterocycles.